The Labute approximate surface area is 98.2 Å². The number of hydrogen-bond donors (Lipinski definition) is 1. The van der Waals surface area contributed by atoms with Crippen molar-refractivity contribution >= 4 is 21.9 Å². The molecule has 0 fully saturated rings. The van der Waals surface area contributed by atoms with E-state index in [1.165, 1.54) is 18.2 Å². The third-order valence-corrected chi connectivity index (χ3v) is 2.74. The van der Waals surface area contributed by atoms with Crippen molar-refractivity contribution < 1.29 is 23.1 Å². The van der Waals surface area contributed by atoms with Gasteiger partial charge in [0, 0.05) is 4.47 Å². The number of carboxylic acid groups (broad SMARTS) is 1. The first-order valence-electron chi connectivity index (χ1n) is 4.35. The fourth-order valence-electron chi connectivity index (χ4n) is 1.32. The van der Waals surface area contributed by atoms with Crippen LogP contribution in [-0.4, -0.2) is 17.3 Å². The smallest absolute Gasteiger partial charge is 0.390 e. The third kappa shape index (κ3) is 3.52. The molecule has 0 radical (unpaired) electrons. The molecule has 0 aliphatic rings. The predicted octanol–water partition coefficient (Wildman–Crippen LogP) is 3.57. The predicted molar refractivity (Wildman–Crippen MR) is 55.2 cm³/mol. The third-order valence-electron chi connectivity index (χ3n) is 2.01. The number of rotatable bonds is 3. The number of benzene rings is 1. The summed E-state index contributed by atoms with van der Waals surface area (Å²) in [4.78, 5) is 10.8. The van der Waals surface area contributed by atoms with Gasteiger partial charge in [0.2, 0.25) is 0 Å². The standard InChI is InChI=1S/C10H8BrF3O2/c11-8-4-2-1-3-6(8)7(9(15)16)5-10(12,13)14/h1-4,7H,5H2,(H,15,16)/t7-/m1/s1. The van der Waals surface area contributed by atoms with Crippen LogP contribution in [-0.2, 0) is 4.79 Å². The molecule has 1 atom stereocenters. The van der Waals surface area contributed by atoms with Crippen molar-refractivity contribution in [3.05, 3.63) is 34.3 Å². The van der Waals surface area contributed by atoms with E-state index in [9.17, 15) is 18.0 Å². The zero-order valence-corrected chi connectivity index (χ0v) is 9.55. The van der Waals surface area contributed by atoms with Crippen LogP contribution in [0.3, 0.4) is 0 Å². The first kappa shape index (κ1) is 13.0. The van der Waals surface area contributed by atoms with E-state index >= 15 is 0 Å². The second-order valence-electron chi connectivity index (χ2n) is 3.23. The highest BCUT2D eigenvalue weighted by Gasteiger charge is 2.36. The molecule has 0 spiro atoms. The molecule has 0 unspecified atom stereocenters. The molecule has 0 amide bonds. The number of carboxylic acids is 1. The molecule has 0 aromatic heterocycles. The Kier molecular flexibility index (Phi) is 3.96. The van der Waals surface area contributed by atoms with Crippen LogP contribution >= 0.6 is 15.9 Å². The Morgan fingerprint density at radius 3 is 2.38 bits per heavy atom. The van der Waals surface area contributed by atoms with Gasteiger partial charge < -0.3 is 5.11 Å². The Morgan fingerprint density at radius 1 is 1.38 bits per heavy atom. The molecule has 0 aliphatic heterocycles. The number of hydrogen-bond acceptors (Lipinski definition) is 1. The van der Waals surface area contributed by atoms with Crippen LogP contribution in [0.2, 0.25) is 0 Å². The van der Waals surface area contributed by atoms with Crippen molar-refractivity contribution in [3.8, 4) is 0 Å². The van der Waals surface area contributed by atoms with E-state index in [0.717, 1.165) is 0 Å². The Bertz CT molecular complexity index is 390. The van der Waals surface area contributed by atoms with Crippen LogP contribution in [0.25, 0.3) is 0 Å². The Balaban J connectivity index is 3.04. The highest BCUT2D eigenvalue weighted by molar-refractivity contribution is 9.10. The van der Waals surface area contributed by atoms with E-state index in [1.807, 2.05) is 0 Å². The van der Waals surface area contributed by atoms with Gasteiger partial charge in [-0.1, -0.05) is 34.1 Å². The molecule has 88 valence electrons. The number of carbonyl (C=O) groups is 1. The zero-order valence-electron chi connectivity index (χ0n) is 7.96. The summed E-state index contributed by atoms with van der Waals surface area (Å²) in [5.41, 5.74) is 0.132. The van der Waals surface area contributed by atoms with Crippen LogP contribution in [0.4, 0.5) is 13.2 Å². The highest BCUT2D eigenvalue weighted by Crippen LogP contribution is 2.34. The van der Waals surface area contributed by atoms with Crippen molar-refractivity contribution in [1.82, 2.24) is 0 Å². The van der Waals surface area contributed by atoms with E-state index in [2.05, 4.69) is 15.9 Å². The minimum Gasteiger partial charge on any atom is -0.481 e. The van der Waals surface area contributed by atoms with Gasteiger partial charge in [-0.05, 0) is 11.6 Å². The molecule has 1 rings (SSSR count). The van der Waals surface area contributed by atoms with Gasteiger partial charge in [0.1, 0.15) is 0 Å². The molecule has 1 aromatic rings. The fourth-order valence-corrected chi connectivity index (χ4v) is 1.88. The van der Waals surface area contributed by atoms with Crippen molar-refractivity contribution in [2.45, 2.75) is 18.5 Å². The van der Waals surface area contributed by atoms with Gasteiger partial charge in [-0.3, -0.25) is 4.79 Å². The normalized spacial score (nSPS) is 13.5. The lowest BCUT2D eigenvalue weighted by Crippen LogP contribution is -2.20. The second-order valence-corrected chi connectivity index (χ2v) is 4.09. The van der Waals surface area contributed by atoms with Gasteiger partial charge in [-0.25, -0.2) is 0 Å². The maximum Gasteiger partial charge on any atom is 0.390 e. The molecule has 0 saturated heterocycles. The number of alkyl halides is 3. The largest absolute Gasteiger partial charge is 0.481 e. The van der Waals surface area contributed by atoms with E-state index in [-0.39, 0.29) is 5.56 Å². The lowest BCUT2D eigenvalue weighted by molar-refractivity contribution is -0.157. The monoisotopic (exact) mass is 296 g/mol. The van der Waals surface area contributed by atoms with E-state index in [4.69, 9.17) is 5.11 Å². The fraction of sp³-hybridized carbons (Fsp3) is 0.300. The highest BCUT2D eigenvalue weighted by atomic mass is 79.9. The summed E-state index contributed by atoms with van der Waals surface area (Å²) in [5, 5.41) is 8.79. The topological polar surface area (TPSA) is 37.3 Å². The molecule has 0 saturated carbocycles. The van der Waals surface area contributed by atoms with Gasteiger partial charge >= 0.3 is 12.1 Å². The quantitative estimate of drug-likeness (QED) is 0.926. The van der Waals surface area contributed by atoms with Crippen LogP contribution in [0, 0.1) is 0 Å². The molecule has 16 heavy (non-hydrogen) atoms. The van der Waals surface area contributed by atoms with Crippen LogP contribution < -0.4 is 0 Å². The minimum atomic E-state index is -4.50. The van der Waals surface area contributed by atoms with Crippen LogP contribution in [0.15, 0.2) is 28.7 Å². The van der Waals surface area contributed by atoms with E-state index in [1.54, 1.807) is 6.07 Å². The zero-order chi connectivity index (χ0) is 12.3. The summed E-state index contributed by atoms with van der Waals surface area (Å²) in [6.07, 6.45) is -5.87. The first-order valence-corrected chi connectivity index (χ1v) is 5.14. The molecule has 0 heterocycles. The summed E-state index contributed by atoms with van der Waals surface area (Å²) in [5.74, 6) is -3.06. The molecule has 0 aliphatic carbocycles. The number of aliphatic carboxylic acids is 1. The average Bonchev–Trinajstić information content (AvgIpc) is 2.13. The summed E-state index contributed by atoms with van der Waals surface area (Å²) < 4.78 is 37.0. The van der Waals surface area contributed by atoms with Gasteiger partial charge in [0.05, 0.1) is 12.3 Å². The molecule has 0 bridgehead atoms. The Hall–Kier alpha value is -1.04. The molecule has 1 N–H and O–H groups in total. The summed E-state index contributed by atoms with van der Waals surface area (Å²) in [7, 11) is 0. The maximum absolute atomic E-state index is 12.2. The average molecular weight is 297 g/mol. The first-order chi connectivity index (χ1) is 7.31. The van der Waals surface area contributed by atoms with E-state index in [0.29, 0.717) is 4.47 Å². The summed E-state index contributed by atoms with van der Waals surface area (Å²) in [6, 6.07) is 6.00. The summed E-state index contributed by atoms with van der Waals surface area (Å²) in [6.45, 7) is 0. The van der Waals surface area contributed by atoms with Crippen LogP contribution in [0.5, 0.6) is 0 Å². The molecule has 1 aromatic carbocycles. The molecular weight excluding hydrogens is 289 g/mol. The van der Waals surface area contributed by atoms with Gasteiger partial charge in [0.25, 0.3) is 0 Å². The lowest BCUT2D eigenvalue weighted by Gasteiger charge is -2.16. The van der Waals surface area contributed by atoms with Crippen molar-refractivity contribution in [2.75, 3.05) is 0 Å². The molecular formula is C10H8BrF3O2. The molecule has 2 nitrogen and oxygen atoms in total. The van der Waals surface area contributed by atoms with Crippen LogP contribution in [0.1, 0.15) is 17.9 Å². The SMILES string of the molecule is O=C(O)[C@H](CC(F)(F)F)c1ccccc1Br. The van der Waals surface area contributed by atoms with Crippen molar-refractivity contribution in [2.24, 2.45) is 0 Å². The minimum absolute atomic E-state index is 0.132. The molecule has 6 heteroatoms. The van der Waals surface area contributed by atoms with Gasteiger partial charge in [-0.2, -0.15) is 13.2 Å². The van der Waals surface area contributed by atoms with Crippen molar-refractivity contribution in [1.29, 1.82) is 0 Å². The van der Waals surface area contributed by atoms with Gasteiger partial charge in [-0.15, -0.1) is 0 Å². The maximum atomic E-state index is 12.2. The second kappa shape index (κ2) is 4.86. The lowest BCUT2D eigenvalue weighted by atomic mass is 9.96. The van der Waals surface area contributed by atoms with Gasteiger partial charge in [0.15, 0.2) is 0 Å². The van der Waals surface area contributed by atoms with E-state index < -0.39 is 24.5 Å². The summed E-state index contributed by atoms with van der Waals surface area (Å²) >= 11 is 3.04. The Morgan fingerprint density at radius 2 is 1.94 bits per heavy atom. The number of halogens is 4. The van der Waals surface area contributed by atoms with Crippen molar-refractivity contribution in [3.63, 3.8) is 0 Å².